The van der Waals surface area contributed by atoms with Crippen LogP contribution in [0.5, 0.6) is 0 Å². The zero-order valence-electron chi connectivity index (χ0n) is 11.6. The molecular formula is C15H10Cl3NO4. The van der Waals surface area contributed by atoms with E-state index in [0.717, 1.165) is 5.56 Å². The number of nitro benzene ring substituents is 1. The van der Waals surface area contributed by atoms with E-state index in [1.165, 1.54) is 12.1 Å². The molecule has 0 aliphatic rings. The van der Waals surface area contributed by atoms with E-state index in [4.69, 9.17) is 34.8 Å². The Morgan fingerprint density at radius 3 is 2.17 bits per heavy atom. The van der Waals surface area contributed by atoms with Gasteiger partial charge >= 0.3 is 5.97 Å². The lowest BCUT2D eigenvalue weighted by Crippen LogP contribution is -2.03. The summed E-state index contributed by atoms with van der Waals surface area (Å²) in [5, 5.41) is 11.2. The average molecular weight is 375 g/mol. The third-order valence-corrected chi connectivity index (χ3v) is 3.88. The molecule has 0 unspecified atom stereocenters. The van der Waals surface area contributed by atoms with Crippen LogP contribution in [0.1, 0.15) is 21.5 Å². The number of hydrogen-bond donors (Lipinski definition) is 0. The molecule has 0 aliphatic heterocycles. The zero-order chi connectivity index (χ0) is 17.0. The summed E-state index contributed by atoms with van der Waals surface area (Å²) in [4.78, 5) is 21.7. The normalized spacial score (nSPS) is 10.4. The van der Waals surface area contributed by atoms with Gasteiger partial charge in [-0.3, -0.25) is 10.1 Å². The van der Waals surface area contributed by atoms with E-state index in [9.17, 15) is 14.9 Å². The molecule has 0 aromatic heterocycles. The van der Waals surface area contributed by atoms with Crippen molar-refractivity contribution in [3.8, 4) is 0 Å². The second-order valence-corrected chi connectivity index (χ2v) is 5.59. The highest BCUT2D eigenvalue weighted by atomic mass is 35.5. The minimum Gasteiger partial charge on any atom is -0.446 e. The summed E-state index contributed by atoms with van der Waals surface area (Å²) in [6.07, 6.45) is 0.375. The van der Waals surface area contributed by atoms with Crippen LogP contribution in [0.25, 0.3) is 0 Å². The molecule has 120 valence electrons. The quantitative estimate of drug-likeness (QED) is 0.325. The number of esters is 1. The lowest BCUT2D eigenvalue weighted by molar-refractivity contribution is -0.384. The van der Waals surface area contributed by atoms with Crippen LogP contribution in [0.4, 0.5) is 5.69 Å². The molecule has 0 radical (unpaired) electrons. The fourth-order valence-electron chi connectivity index (χ4n) is 1.96. The van der Waals surface area contributed by atoms with Gasteiger partial charge in [-0.25, -0.2) is 4.79 Å². The summed E-state index contributed by atoms with van der Waals surface area (Å²) in [5.41, 5.74) is 1.62. The molecule has 23 heavy (non-hydrogen) atoms. The van der Waals surface area contributed by atoms with Gasteiger partial charge in [-0.1, -0.05) is 46.9 Å². The highest BCUT2D eigenvalue weighted by molar-refractivity contribution is 6.36. The maximum Gasteiger partial charge on any atom is 0.339 e. The van der Waals surface area contributed by atoms with E-state index in [1.807, 2.05) is 0 Å². The molecule has 0 atom stereocenters. The van der Waals surface area contributed by atoms with Crippen molar-refractivity contribution in [2.45, 2.75) is 6.42 Å². The van der Waals surface area contributed by atoms with Crippen LogP contribution in [0.2, 0.25) is 10.0 Å². The molecule has 8 heteroatoms. The van der Waals surface area contributed by atoms with Gasteiger partial charge in [-0.15, -0.1) is 0 Å². The number of rotatable bonds is 5. The number of hydrogen-bond acceptors (Lipinski definition) is 4. The van der Waals surface area contributed by atoms with Crippen molar-refractivity contribution in [3.63, 3.8) is 0 Å². The highest BCUT2D eigenvalue weighted by Gasteiger charge is 2.15. The molecule has 0 saturated carbocycles. The third kappa shape index (κ3) is 4.34. The number of halogens is 3. The number of benzene rings is 2. The monoisotopic (exact) mass is 373 g/mol. The molecule has 0 fully saturated rings. The summed E-state index contributed by atoms with van der Waals surface area (Å²) in [5.74, 6) is -0.516. The van der Waals surface area contributed by atoms with Gasteiger partial charge in [0, 0.05) is 18.6 Å². The number of ether oxygens (including phenoxy) is 1. The van der Waals surface area contributed by atoms with Crippen molar-refractivity contribution in [3.05, 3.63) is 73.2 Å². The second kappa shape index (κ2) is 7.64. The molecule has 5 nitrogen and oxygen atoms in total. The predicted molar refractivity (Wildman–Crippen MR) is 88.5 cm³/mol. The van der Waals surface area contributed by atoms with Gasteiger partial charge in [-0.2, -0.15) is 0 Å². The van der Waals surface area contributed by atoms with Crippen molar-refractivity contribution in [1.29, 1.82) is 0 Å². The van der Waals surface area contributed by atoms with Crippen LogP contribution in [-0.2, 0) is 11.2 Å². The lowest BCUT2D eigenvalue weighted by Gasteiger charge is -2.08. The number of carbonyl (C=O) groups excluding carboxylic acids is 1. The second-order valence-electron chi connectivity index (χ2n) is 4.56. The van der Waals surface area contributed by atoms with Gasteiger partial charge in [0.05, 0.1) is 20.5 Å². The van der Waals surface area contributed by atoms with Crippen LogP contribution in [0, 0.1) is 10.1 Å². The maximum absolute atomic E-state index is 11.5. The molecule has 2 rings (SSSR count). The molecule has 0 bridgehead atoms. The van der Waals surface area contributed by atoms with E-state index in [2.05, 4.69) is 4.74 Å². The zero-order valence-corrected chi connectivity index (χ0v) is 13.9. The minimum absolute atomic E-state index is 0.164. The van der Waals surface area contributed by atoms with Crippen molar-refractivity contribution in [1.82, 2.24) is 0 Å². The van der Waals surface area contributed by atoms with Crippen LogP contribution >= 0.6 is 34.8 Å². The minimum atomic E-state index is -0.557. The van der Waals surface area contributed by atoms with Gasteiger partial charge in [0.2, 0.25) is 0 Å². The summed E-state index contributed by atoms with van der Waals surface area (Å²) in [6, 6.07) is 8.94. The summed E-state index contributed by atoms with van der Waals surface area (Å²) in [7, 11) is 0. The SMILES string of the molecule is O=C(OCCl)c1ccc(Cc2c(Cl)cc([N+](=O)[O-])cc2Cl)cc1. The summed E-state index contributed by atoms with van der Waals surface area (Å²) in [6.45, 7) is 0. The first-order valence-electron chi connectivity index (χ1n) is 6.36. The number of nitrogens with zero attached hydrogens (tertiary/aromatic N) is 1. The van der Waals surface area contributed by atoms with Gasteiger partial charge in [-0.05, 0) is 23.3 Å². The molecule has 0 amide bonds. The molecule has 0 spiro atoms. The Labute approximate surface area is 146 Å². The molecule has 2 aromatic carbocycles. The Morgan fingerprint density at radius 1 is 1.13 bits per heavy atom. The van der Waals surface area contributed by atoms with Crippen LogP contribution in [-0.4, -0.2) is 17.0 Å². The Morgan fingerprint density at radius 2 is 1.70 bits per heavy atom. The Kier molecular flexibility index (Phi) is 5.82. The van der Waals surface area contributed by atoms with Crippen molar-refractivity contribution >= 4 is 46.5 Å². The Balaban J connectivity index is 2.23. The molecular weight excluding hydrogens is 365 g/mol. The average Bonchev–Trinajstić information content (AvgIpc) is 2.51. The largest absolute Gasteiger partial charge is 0.446 e. The first kappa shape index (κ1) is 17.5. The number of carbonyl (C=O) groups is 1. The van der Waals surface area contributed by atoms with E-state index < -0.39 is 10.9 Å². The van der Waals surface area contributed by atoms with Gasteiger partial charge < -0.3 is 4.74 Å². The summed E-state index contributed by atoms with van der Waals surface area (Å²) >= 11 is 17.5. The van der Waals surface area contributed by atoms with Gasteiger partial charge in [0.15, 0.2) is 6.07 Å². The number of alkyl halides is 1. The molecule has 0 N–H and O–H groups in total. The standard InChI is InChI=1S/C15H10Cl3NO4/c16-8-23-15(20)10-3-1-9(2-4-10)5-12-13(17)6-11(19(21)22)7-14(12)18/h1-4,6-7H,5,8H2. The molecule has 0 saturated heterocycles. The van der Waals surface area contributed by atoms with Crippen molar-refractivity contribution in [2.75, 3.05) is 6.07 Å². The van der Waals surface area contributed by atoms with Crippen LogP contribution < -0.4 is 0 Å². The summed E-state index contributed by atoms with van der Waals surface area (Å²) < 4.78 is 4.68. The molecule has 2 aromatic rings. The Hall–Kier alpha value is -1.82. The topological polar surface area (TPSA) is 69.4 Å². The van der Waals surface area contributed by atoms with Crippen LogP contribution in [0.3, 0.4) is 0 Å². The fraction of sp³-hybridized carbons (Fsp3) is 0.133. The highest BCUT2D eigenvalue weighted by Crippen LogP contribution is 2.31. The van der Waals surface area contributed by atoms with Crippen LogP contribution in [0.15, 0.2) is 36.4 Å². The smallest absolute Gasteiger partial charge is 0.339 e. The fourth-order valence-corrected chi connectivity index (χ4v) is 2.67. The van der Waals surface area contributed by atoms with E-state index in [1.54, 1.807) is 24.3 Å². The first-order chi connectivity index (χ1) is 10.9. The lowest BCUT2D eigenvalue weighted by atomic mass is 10.0. The third-order valence-electron chi connectivity index (χ3n) is 3.09. The van der Waals surface area contributed by atoms with Gasteiger partial charge in [0.1, 0.15) is 0 Å². The maximum atomic E-state index is 11.5. The number of nitro groups is 1. The van der Waals surface area contributed by atoms with E-state index >= 15 is 0 Å². The number of non-ortho nitro benzene ring substituents is 1. The molecule has 0 heterocycles. The molecule has 0 aliphatic carbocycles. The van der Waals surface area contributed by atoms with Crippen molar-refractivity contribution in [2.24, 2.45) is 0 Å². The van der Waals surface area contributed by atoms with E-state index in [0.29, 0.717) is 17.5 Å². The van der Waals surface area contributed by atoms with E-state index in [-0.39, 0.29) is 21.8 Å². The van der Waals surface area contributed by atoms with Gasteiger partial charge in [0.25, 0.3) is 5.69 Å². The Bertz CT molecular complexity index is 724. The first-order valence-corrected chi connectivity index (χ1v) is 7.65. The predicted octanol–water partition coefficient (Wildman–Crippen LogP) is 4.85. The van der Waals surface area contributed by atoms with Crippen molar-refractivity contribution < 1.29 is 14.5 Å².